The Morgan fingerprint density at radius 1 is 1.11 bits per heavy atom. The van der Waals surface area contributed by atoms with Gasteiger partial charge in [-0.05, 0) is 17.7 Å². The molecule has 0 saturated heterocycles. The topological polar surface area (TPSA) is 47.9 Å². The van der Waals surface area contributed by atoms with Crippen LogP contribution < -0.4 is 4.74 Å². The molecular formula is C12H15F3O4. The van der Waals surface area contributed by atoms with Crippen LogP contribution in [0, 0.1) is 0 Å². The highest BCUT2D eigenvalue weighted by Gasteiger charge is 2.31. The highest BCUT2D eigenvalue weighted by atomic mass is 19.4. The van der Waals surface area contributed by atoms with Gasteiger partial charge in [0.25, 0.3) is 0 Å². The van der Waals surface area contributed by atoms with Crippen LogP contribution in [0.1, 0.15) is 5.56 Å². The van der Waals surface area contributed by atoms with Crippen LogP contribution in [-0.2, 0) is 15.9 Å². The van der Waals surface area contributed by atoms with Crippen LogP contribution in [0.4, 0.5) is 13.2 Å². The summed E-state index contributed by atoms with van der Waals surface area (Å²) in [6.45, 7) is 0. The van der Waals surface area contributed by atoms with Gasteiger partial charge in [-0.2, -0.15) is 0 Å². The number of hydrogen-bond donors (Lipinski definition) is 1. The van der Waals surface area contributed by atoms with Gasteiger partial charge >= 0.3 is 6.36 Å². The van der Waals surface area contributed by atoms with Gasteiger partial charge < -0.3 is 19.3 Å². The van der Waals surface area contributed by atoms with Gasteiger partial charge in [0.2, 0.25) is 0 Å². The average Bonchev–Trinajstić information content (AvgIpc) is 2.31. The van der Waals surface area contributed by atoms with Gasteiger partial charge in [-0.1, -0.05) is 12.1 Å². The highest BCUT2D eigenvalue weighted by Crippen LogP contribution is 2.23. The summed E-state index contributed by atoms with van der Waals surface area (Å²) in [7, 11) is 2.77. The molecule has 19 heavy (non-hydrogen) atoms. The molecule has 1 rings (SSSR count). The fourth-order valence-electron chi connectivity index (χ4n) is 1.58. The second-order valence-corrected chi connectivity index (χ2v) is 3.80. The van der Waals surface area contributed by atoms with Gasteiger partial charge in [0.15, 0.2) is 6.29 Å². The van der Waals surface area contributed by atoms with E-state index in [4.69, 9.17) is 9.47 Å². The normalized spacial score (nSPS) is 13.6. The monoisotopic (exact) mass is 280 g/mol. The zero-order chi connectivity index (χ0) is 14.5. The van der Waals surface area contributed by atoms with Crippen molar-refractivity contribution in [3.05, 3.63) is 29.8 Å². The minimum atomic E-state index is -4.71. The minimum absolute atomic E-state index is 0.193. The van der Waals surface area contributed by atoms with Crippen molar-refractivity contribution >= 4 is 0 Å². The minimum Gasteiger partial charge on any atom is -0.406 e. The van der Waals surface area contributed by atoms with Crippen LogP contribution in [0.15, 0.2) is 24.3 Å². The molecule has 0 fully saturated rings. The second kappa shape index (κ2) is 6.74. The Hall–Kier alpha value is -1.31. The molecule has 0 radical (unpaired) electrons. The van der Waals surface area contributed by atoms with Crippen LogP contribution in [-0.4, -0.2) is 38.1 Å². The molecule has 7 heteroatoms. The first kappa shape index (κ1) is 15.7. The second-order valence-electron chi connectivity index (χ2n) is 3.80. The predicted octanol–water partition coefficient (Wildman–Crippen LogP) is 2.11. The van der Waals surface area contributed by atoms with Crippen LogP contribution >= 0.6 is 0 Å². The van der Waals surface area contributed by atoms with Crippen molar-refractivity contribution in [2.24, 2.45) is 0 Å². The quantitative estimate of drug-likeness (QED) is 0.811. The summed E-state index contributed by atoms with van der Waals surface area (Å²) in [5, 5.41) is 9.76. The largest absolute Gasteiger partial charge is 0.573 e. The summed E-state index contributed by atoms with van der Waals surface area (Å²) in [5.74, 6) is -0.305. The first-order valence-corrected chi connectivity index (χ1v) is 5.44. The Bertz CT molecular complexity index is 374. The van der Waals surface area contributed by atoms with Crippen molar-refractivity contribution < 1.29 is 32.5 Å². The number of aliphatic hydroxyl groups is 1. The van der Waals surface area contributed by atoms with Gasteiger partial charge in [-0.25, -0.2) is 0 Å². The lowest BCUT2D eigenvalue weighted by molar-refractivity contribution is -0.274. The third kappa shape index (κ3) is 5.46. The first-order valence-electron chi connectivity index (χ1n) is 5.44. The lowest BCUT2D eigenvalue weighted by atomic mass is 10.1. The van der Waals surface area contributed by atoms with Crippen molar-refractivity contribution in [3.8, 4) is 5.75 Å². The summed E-state index contributed by atoms with van der Waals surface area (Å²) < 4.78 is 49.4. The van der Waals surface area contributed by atoms with E-state index in [2.05, 4.69) is 4.74 Å². The summed E-state index contributed by atoms with van der Waals surface area (Å²) in [6, 6.07) is 5.24. The van der Waals surface area contributed by atoms with Gasteiger partial charge in [0.1, 0.15) is 11.9 Å². The summed E-state index contributed by atoms with van der Waals surface area (Å²) in [5.41, 5.74) is 0.640. The van der Waals surface area contributed by atoms with Gasteiger partial charge in [-0.3, -0.25) is 0 Å². The molecule has 0 saturated carbocycles. The molecule has 108 valence electrons. The maximum Gasteiger partial charge on any atom is 0.573 e. The van der Waals surface area contributed by atoms with Gasteiger partial charge in [0, 0.05) is 20.6 Å². The number of aliphatic hydroxyl groups excluding tert-OH is 1. The van der Waals surface area contributed by atoms with Crippen molar-refractivity contribution in [3.63, 3.8) is 0 Å². The van der Waals surface area contributed by atoms with E-state index in [-0.39, 0.29) is 12.2 Å². The van der Waals surface area contributed by atoms with E-state index in [0.717, 1.165) is 0 Å². The molecule has 0 bridgehead atoms. The standard InChI is InChI=1S/C12H15F3O4/c1-17-11(18-2)10(16)7-8-3-5-9(6-4-8)19-12(13,14)15/h3-6,10-11,16H,7H2,1-2H3. The van der Waals surface area contributed by atoms with E-state index < -0.39 is 18.8 Å². The van der Waals surface area contributed by atoms with Crippen LogP contribution in [0.2, 0.25) is 0 Å². The molecule has 1 aromatic rings. The molecule has 0 heterocycles. The number of alkyl halides is 3. The van der Waals surface area contributed by atoms with E-state index >= 15 is 0 Å². The van der Waals surface area contributed by atoms with Crippen molar-refractivity contribution in [2.45, 2.75) is 25.2 Å². The number of hydrogen-bond acceptors (Lipinski definition) is 4. The molecule has 0 aliphatic heterocycles. The lowest BCUT2D eigenvalue weighted by Crippen LogP contribution is -2.31. The SMILES string of the molecule is COC(OC)C(O)Cc1ccc(OC(F)(F)F)cc1. The van der Waals surface area contributed by atoms with Crippen LogP contribution in [0.25, 0.3) is 0 Å². The molecule has 0 amide bonds. The number of rotatable bonds is 6. The third-order valence-electron chi connectivity index (χ3n) is 2.38. The number of benzene rings is 1. The first-order chi connectivity index (χ1) is 8.85. The summed E-state index contributed by atoms with van der Waals surface area (Å²) in [6.07, 6.45) is -6.22. The summed E-state index contributed by atoms with van der Waals surface area (Å²) in [4.78, 5) is 0. The maximum absolute atomic E-state index is 12.0. The molecule has 0 spiro atoms. The molecule has 0 aliphatic rings. The third-order valence-corrected chi connectivity index (χ3v) is 2.38. The van der Waals surface area contributed by atoms with E-state index in [1.165, 1.54) is 38.5 Å². The van der Waals surface area contributed by atoms with E-state index in [1.54, 1.807) is 0 Å². The van der Waals surface area contributed by atoms with Gasteiger partial charge in [-0.15, -0.1) is 13.2 Å². The molecule has 1 atom stereocenters. The Morgan fingerprint density at radius 2 is 1.63 bits per heavy atom. The van der Waals surface area contributed by atoms with Crippen LogP contribution in [0.5, 0.6) is 5.75 Å². The Kier molecular flexibility index (Phi) is 5.59. The lowest BCUT2D eigenvalue weighted by Gasteiger charge is -2.20. The number of methoxy groups -OCH3 is 2. The number of ether oxygens (including phenoxy) is 3. The average molecular weight is 280 g/mol. The smallest absolute Gasteiger partial charge is 0.406 e. The molecule has 1 unspecified atom stereocenters. The zero-order valence-electron chi connectivity index (χ0n) is 10.5. The van der Waals surface area contributed by atoms with Gasteiger partial charge in [0.05, 0.1) is 0 Å². The Labute approximate surface area is 108 Å². The predicted molar refractivity (Wildman–Crippen MR) is 60.6 cm³/mol. The molecule has 0 aromatic heterocycles. The van der Waals surface area contributed by atoms with E-state index in [9.17, 15) is 18.3 Å². The summed E-state index contributed by atoms with van der Waals surface area (Å²) >= 11 is 0. The Balaban J connectivity index is 2.62. The Morgan fingerprint density at radius 3 is 2.05 bits per heavy atom. The molecule has 0 aliphatic carbocycles. The molecular weight excluding hydrogens is 265 g/mol. The fourth-order valence-corrected chi connectivity index (χ4v) is 1.58. The molecule has 1 N–H and O–H groups in total. The highest BCUT2D eigenvalue weighted by molar-refractivity contribution is 5.27. The molecule has 1 aromatic carbocycles. The number of halogens is 3. The van der Waals surface area contributed by atoms with Crippen molar-refractivity contribution in [1.29, 1.82) is 0 Å². The molecule has 4 nitrogen and oxygen atoms in total. The van der Waals surface area contributed by atoms with E-state index in [1.807, 2.05) is 0 Å². The van der Waals surface area contributed by atoms with Crippen LogP contribution in [0.3, 0.4) is 0 Å². The van der Waals surface area contributed by atoms with Crippen molar-refractivity contribution in [2.75, 3.05) is 14.2 Å². The zero-order valence-corrected chi connectivity index (χ0v) is 10.5. The maximum atomic E-state index is 12.0. The van der Waals surface area contributed by atoms with E-state index in [0.29, 0.717) is 5.56 Å². The van der Waals surface area contributed by atoms with Crippen molar-refractivity contribution in [1.82, 2.24) is 0 Å². The fraction of sp³-hybridized carbons (Fsp3) is 0.500.